The Bertz CT molecular complexity index is 983. The molecule has 170 valence electrons. The molecular weight excluding hydrogens is 456 g/mol. The van der Waals surface area contributed by atoms with Crippen LogP contribution in [0, 0.1) is 0 Å². The Balaban J connectivity index is 1.65. The standard InChI is InChI=1S/C20H28N2O6S2Si/c1-31(2,3)28-21-20(24)19(23)17-13-29-14-18(17)30(25,26)22-11-9-16(10-12-22)27-15-7-5-4-6-8-15/h4-8,13-14,16,19,23H,9-12H2,1-3H3,(H,21,24). The van der Waals surface area contributed by atoms with Gasteiger partial charge in [-0.15, -0.1) is 0 Å². The number of hydrogen-bond donors (Lipinski definition) is 2. The van der Waals surface area contributed by atoms with Crippen LogP contribution in [-0.4, -0.2) is 51.2 Å². The molecule has 1 aromatic heterocycles. The molecule has 0 bridgehead atoms. The number of ether oxygens (including phenoxy) is 1. The number of rotatable bonds is 8. The molecule has 1 amide bonds. The maximum atomic E-state index is 13.2. The molecule has 1 unspecified atom stereocenters. The maximum Gasteiger partial charge on any atom is 0.276 e. The van der Waals surface area contributed by atoms with Crippen LogP contribution in [-0.2, 0) is 19.3 Å². The molecular formula is C20H28N2O6S2Si. The van der Waals surface area contributed by atoms with Crippen molar-refractivity contribution in [3.05, 3.63) is 46.7 Å². The molecule has 1 aromatic carbocycles. The number of nitrogens with one attached hydrogen (secondary N) is 1. The second-order valence-electron chi connectivity index (χ2n) is 8.31. The van der Waals surface area contributed by atoms with Crippen molar-refractivity contribution in [1.82, 2.24) is 9.79 Å². The predicted octanol–water partition coefficient (Wildman–Crippen LogP) is 2.90. The molecule has 11 heteroatoms. The van der Waals surface area contributed by atoms with E-state index in [0.717, 1.165) is 17.1 Å². The van der Waals surface area contributed by atoms with Crippen molar-refractivity contribution in [2.75, 3.05) is 13.1 Å². The Labute approximate surface area is 187 Å². The lowest BCUT2D eigenvalue weighted by atomic mass is 10.1. The number of carbonyl (C=O) groups is 1. The number of para-hydroxylation sites is 1. The molecule has 2 N–H and O–H groups in total. The summed E-state index contributed by atoms with van der Waals surface area (Å²) in [5.74, 6) is -0.0224. The first-order valence-corrected chi connectivity index (χ1v) is 15.8. The van der Waals surface area contributed by atoms with Gasteiger partial charge in [0.2, 0.25) is 18.3 Å². The monoisotopic (exact) mass is 484 g/mol. The van der Waals surface area contributed by atoms with Gasteiger partial charge in [0, 0.05) is 24.0 Å². The summed E-state index contributed by atoms with van der Waals surface area (Å²) in [5, 5.41) is 13.4. The number of carbonyl (C=O) groups excluding carboxylic acids is 1. The third-order valence-corrected chi connectivity index (χ3v) is 8.30. The quantitative estimate of drug-likeness (QED) is 0.441. The zero-order chi connectivity index (χ0) is 22.6. The number of thiophene rings is 1. The second-order valence-corrected chi connectivity index (χ2v) is 15.4. The van der Waals surface area contributed by atoms with Crippen LogP contribution < -0.4 is 10.2 Å². The van der Waals surface area contributed by atoms with Crippen molar-refractivity contribution < 1.29 is 27.6 Å². The van der Waals surface area contributed by atoms with Gasteiger partial charge in [0.15, 0.2) is 6.10 Å². The molecule has 3 rings (SSSR count). The SMILES string of the molecule is C[Si](C)(C)ONC(=O)C(O)c1cscc1S(=O)(=O)N1CCC(Oc2ccccc2)CC1. The Morgan fingerprint density at radius 2 is 1.84 bits per heavy atom. The lowest BCUT2D eigenvalue weighted by molar-refractivity contribution is -0.137. The average molecular weight is 485 g/mol. The van der Waals surface area contributed by atoms with Crippen LogP contribution in [0.2, 0.25) is 19.6 Å². The first-order valence-electron chi connectivity index (χ1n) is 10.0. The van der Waals surface area contributed by atoms with E-state index in [4.69, 9.17) is 9.26 Å². The molecule has 2 aromatic rings. The van der Waals surface area contributed by atoms with Gasteiger partial charge in [0.1, 0.15) is 11.9 Å². The molecule has 2 heterocycles. The predicted molar refractivity (Wildman–Crippen MR) is 121 cm³/mol. The molecule has 0 aliphatic carbocycles. The minimum Gasteiger partial charge on any atom is -0.490 e. The third-order valence-electron chi connectivity index (χ3n) is 4.72. The van der Waals surface area contributed by atoms with Crippen LogP contribution in [0.4, 0.5) is 0 Å². The van der Waals surface area contributed by atoms with Crippen molar-refractivity contribution in [2.24, 2.45) is 0 Å². The van der Waals surface area contributed by atoms with E-state index in [-0.39, 0.29) is 16.6 Å². The number of hydroxylamine groups is 1. The largest absolute Gasteiger partial charge is 0.490 e. The summed E-state index contributed by atoms with van der Waals surface area (Å²) >= 11 is 1.13. The Morgan fingerprint density at radius 3 is 2.45 bits per heavy atom. The van der Waals surface area contributed by atoms with Crippen LogP contribution in [0.25, 0.3) is 0 Å². The molecule has 0 saturated carbocycles. The molecule has 1 atom stereocenters. The highest BCUT2D eigenvalue weighted by molar-refractivity contribution is 7.89. The Kier molecular flexibility index (Phi) is 7.55. The van der Waals surface area contributed by atoms with E-state index >= 15 is 0 Å². The molecule has 1 aliphatic heterocycles. The maximum absolute atomic E-state index is 13.2. The number of piperidine rings is 1. The van der Waals surface area contributed by atoms with E-state index in [0.29, 0.717) is 25.9 Å². The van der Waals surface area contributed by atoms with Gasteiger partial charge in [0.25, 0.3) is 5.91 Å². The van der Waals surface area contributed by atoms with Crippen LogP contribution in [0.3, 0.4) is 0 Å². The summed E-state index contributed by atoms with van der Waals surface area (Å²) in [6, 6.07) is 9.44. The minimum atomic E-state index is -3.85. The number of hydrogen-bond acceptors (Lipinski definition) is 7. The number of nitrogens with zero attached hydrogens (tertiary/aromatic N) is 1. The average Bonchev–Trinajstić information content (AvgIpc) is 3.23. The lowest BCUT2D eigenvalue weighted by Gasteiger charge is -2.31. The number of aliphatic hydroxyl groups is 1. The van der Waals surface area contributed by atoms with Crippen molar-refractivity contribution in [3.8, 4) is 5.75 Å². The van der Waals surface area contributed by atoms with Gasteiger partial charge in [-0.1, -0.05) is 18.2 Å². The Morgan fingerprint density at radius 1 is 1.19 bits per heavy atom. The van der Waals surface area contributed by atoms with Crippen LogP contribution >= 0.6 is 11.3 Å². The van der Waals surface area contributed by atoms with Crippen LogP contribution in [0.5, 0.6) is 5.75 Å². The topological polar surface area (TPSA) is 105 Å². The molecule has 31 heavy (non-hydrogen) atoms. The second kappa shape index (κ2) is 9.80. The molecule has 1 fully saturated rings. The number of amides is 1. The summed E-state index contributed by atoms with van der Waals surface area (Å²) in [4.78, 5) is 12.2. The fraction of sp³-hybridized carbons (Fsp3) is 0.450. The van der Waals surface area contributed by atoms with E-state index in [1.54, 1.807) is 0 Å². The van der Waals surface area contributed by atoms with Crippen LogP contribution in [0.15, 0.2) is 46.0 Å². The van der Waals surface area contributed by atoms with Gasteiger partial charge in [-0.05, 0) is 50.0 Å². The van der Waals surface area contributed by atoms with Crippen molar-refractivity contribution in [2.45, 2.75) is 49.6 Å². The van der Waals surface area contributed by atoms with E-state index in [2.05, 4.69) is 5.48 Å². The van der Waals surface area contributed by atoms with Crippen molar-refractivity contribution in [3.63, 3.8) is 0 Å². The van der Waals surface area contributed by atoms with Crippen molar-refractivity contribution in [1.29, 1.82) is 0 Å². The molecule has 1 saturated heterocycles. The fourth-order valence-corrected chi connectivity index (χ4v) is 6.43. The van der Waals surface area contributed by atoms with Crippen LogP contribution in [0.1, 0.15) is 24.5 Å². The van der Waals surface area contributed by atoms with E-state index in [1.165, 1.54) is 15.1 Å². The molecule has 0 spiro atoms. The van der Waals surface area contributed by atoms with E-state index in [1.807, 2.05) is 50.0 Å². The highest BCUT2D eigenvalue weighted by atomic mass is 32.2. The smallest absolute Gasteiger partial charge is 0.276 e. The fourth-order valence-electron chi connectivity index (χ4n) is 3.13. The Hall–Kier alpha value is -1.76. The number of sulfonamides is 1. The minimum absolute atomic E-state index is 0.0458. The third kappa shape index (κ3) is 6.15. The zero-order valence-electron chi connectivity index (χ0n) is 17.8. The van der Waals surface area contributed by atoms with Gasteiger partial charge in [-0.3, -0.25) is 4.79 Å². The van der Waals surface area contributed by atoms with Gasteiger partial charge in [0.05, 0.1) is 4.90 Å². The zero-order valence-corrected chi connectivity index (χ0v) is 20.4. The number of aliphatic hydroxyl groups excluding tert-OH is 1. The summed E-state index contributed by atoms with van der Waals surface area (Å²) < 4.78 is 39.0. The van der Waals surface area contributed by atoms with Gasteiger partial charge >= 0.3 is 0 Å². The highest BCUT2D eigenvalue weighted by Gasteiger charge is 2.35. The first kappa shape index (κ1) is 23.9. The summed E-state index contributed by atoms with van der Waals surface area (Å²) in [6.07, 6.45) is -0.585. The summed E-state index contributed by atoms with van der Waals surface area (Å²) in [7, 11) is -5.89. The van der Waals surface area contributed by atoms with Gasteiger partial charge in [-0.2, -0.15) is 15.6 Å². The normalized spacial score (nSPS) is 17.3. The highest BCUT2D eigenvalue weighted by Crippen LogP contribution is 2.31. The van der Waals surface area contributed by atoms with E-state index < -0.39 is 30.4 Å². The van der Waals surface area contributed by atoms with E-state index in [9.17, 15) is 18.3 Å². The lowest BCUT2D eigenvalue weighted by Crippen LogP contribution is -2.42. The van der Waals surface area contributed by atoms with Gasteiger partial charge < -0.3 is 14.4 Å². The van der Waals surface area contributed by atoms with Gasteiger partial charge in [-0.25, -0.2) is 13.9 Å². The molecule has 1 aliphatic rings. The molecule has 0 radical (unpaired) electrons. The van der Waals surface area contributed by atoms with Crippen molar-refractivity contribution >= 4 is 35.6 Å². The summed E-state index contributed by atoms with van der Waals surface area (Å²) in [6.45, 7) is 6.24. The first-order chi connectivity index (χ1) is 14.6. The summed E-state index contributed by atoms with van der Waals surface area (Å²) in [5.41, 5.74) is 2.31. The molecule has 8 nitrogen and oxygen atoms in total. The number of benzene rings is 1.